The minimum atomic E-state index is -3.79. The molecular formula is C21H17FN2O4S. The zero-order valence-electron chi connectivity index (χ0n) is 15.4. The van der Waals surface area contributed by atoms with Crippen molar-refractivity contribution < 1.29 is 22.3 Å². The SMILES string of the molecule is Cc1ccc(S(=O)(=O)N/N=C\c2cccc(OC(=O)c3cccc(F)c3)c2)cc1. The van der Waals surface area contributed by atoms with E-state index in [-0.39, 0.29) is 16.2 Å². The van der Waals surface area contributed by atoms with E-state index in [1.54, 1.807) is 30.3 Å². The van der Waals surface area contributed by atoms with Crippen LogP contribution >= 0.6 is 0 Å². The maximum absolute atomic E-state index is 13.2. The summed E-state index contributed by atoms with van der Waals surface area (Å²) < 4.78 is 42.9. The first-order valence-electron chi connectivity index (χ1n) is 8.53. The molecule has 0 aliphatic rings. The molecule has 0 bridgehead atoms. The van der Waals surface area contributed by atoms with E-state index in [4.69, 9.17) is 4.74 Å². The number of sulfonamides is 1. The highest BCUT2D eigenvalue weighted by molar-refractivity contribution is 7.89. The van der Waals surface area contributed by atoms with Crippen LogP contribution < -0.4 is 9.57 Å². The van der Waals surface area contributed by atoms with Gasteiger partial charge in [0.25, 0.3) is 10.0 Å². The molecule has 8 heteroatoms. The molecule has 148 valence electrons. The van der Waals surface area contributed by atoms with Crippen LogP contribution in [0.1, 0.15) is 21.5 Å². The molecule has 0 amide bonds. The molecule has 3 aromatic carbocycles. The largest absolute Gasteiger partial charge is 0.423 e. The van der Waals surface area contributed by atoms with Crippen LogP contribution in [-0.2, 0) is 10.0 Å². The monoisotopic (exact) mass is 412 g/mol. The number of halogens is 1. The number of hydrogen-bond acceptors (Lipinski definition) is 5. The predicted octanol–water partition coefficient (Wildman–Crippen LogP) is 3.67. The summed E-state index contributed by atoms with van der Waals surface area (Å²) in [7, 11) is -3.79. The van der Waals surface area contributed by atoms with Crippen molar-refractivity contribution in [3.8, 4) is 5.75 Å². The van der Waals surface area contributed by atoms with Crippen LogP contribution in [0.25, 0.3) is 0 Å². The Morgan fingerprint density at radius 3 is 2.48 bits per heavy atom. The predicted molar refractivity (Wildman–Crippen MR) is 107 cm³/mol. The van der Waals surface area contributed by atoms with Crippen molar-refractivity contribution in [1.82, 2.24) is 4.83 Å². The Morgan fingerprint density at radius 1 is 1.03 bits per heavy atom. The minimum absolute atomic E-state index is 0.0786. The molecule has 3 aromatic rings. The number of aryl methyl sites for hydroxylation is 1. The van der Waals surface area contributed by atoms with Gasteiger partial charge < -0.3 is 4.74 Å². The van der Waals surface area contributed by atoms with Gasteiger partial charge >= 0.3 is 5.97 Å². The normalized spacial score (nSPS) is 11.4. The van der Waals surface area contributed by atoms with Crippen LogP contribution in [0.5, 0.6) is 5.75 Å². The lowest BCUT2D eigenvalue weighted by atomic mass is 10.2. The summed E-state index contributed by atoms with van der Waals surface area (Å²) >= 11 is 0. The van der Waals surface area contributed by atoms with Gasteiger partial charge in [-0.15, -0.1) is 0 Å². The van der Waals surface area contributed by atoms with Crippen molar-refractivity contribution in [2.45, 2.75) is 11.8 Å². The van der Waals surface area contributed by atoms with Gasteiger partial charge in [0, 0.05) is 0 Å². The molecule has 0 radical (unpaired) electrons. The zero-order chi connectivity index (χ0) is 20.9. The van der Waals surface area contributed by atoms with Crippen molar-refractivity contribution >= 4 is 22.2 Å². The Labute approximate surface area is 167 Å². The van der Waals surface area contributed by atoms with E-state index in [9.17, 15) is 17.6 Å². The third-order valence-corrected chi connectivity index (χ3v) is 5.09. The Bertz CT molecular complexity index is 1160. The molecular weight excluding hydrogens is 395 g/mol. The average molecular weight is 412 g/mol. The van der Waals surface area contributed by atoms with Crippen LogP contribution in [0.3, 0.4) is 0 Å². The number of rotatable bonds is 6. The summed E-state index contributed by atoms with van der Waals surface area (Å²) in [6, 6.07) is 17.8. The number of ether oxygens (including phenoxy) is 1. The second-order valence-electron chi connectivity index (χ2n) is 6.14. The molecule has 1 N–H and O–H groups in total. The van der Waals surface area contributed by atoms with Gasteiger partial charge in [0.2, 0.25) is 0 Å². The van der Waals surface area contributed by atoms with Crippen molar-refractivity contribution in [3.63, 3.8) is 0 Å². The third-order valence-electron chi connectivity index (χ3n) is 3.85. The number of nitrogens with one attached hydrogen (secondary N) is 1. The number of hydrogen-bond donors (Lipinski definition) is 1. The van der Waals surface area contributed by atoms with Crippen molar-refractivity contribution in [3.05, 3.63) is 95.3 Å². The van der Waals surface area contributed by atoms with Gasteiger partial charge in [-0.3, -0.25) is 0 Å². The second-order valence-corrected chi connectivity index (χ2v) is 7.80. The lowest BCUT2D eigenvalue weighted by Crippen LogP contribution is -2.18. The van der Waals surface area contributed by atoms with Gasteiger partial charge in [-0.2, -0.15) is 13.5 Å². The Hall–Kier alpha value is -3.52. The fourth-order valence-corrected chi connectivity index (χ4v) is 3.17. The van der Waals surface area contributed by atoms with E-state index < -0.39 is 21.8 Å². The first-order valence-corrected chi connectivity index (χ1v) is 10.0. The second kappa shape index (κ2) is 8.66. The summed E-state index contributed by atoms with van der Waals surface area (Å²) in [5.41, 5.74) is 1.52. The molecule has 3 rings (SSSR count). The number of hydrazone groups is 1. The number of benzene rings is 3. The van der Waals surface area contributed by atoms with Gasteiger partial charge in [0.1, 0.15) is 11.6 Å². The Morgan fingerprint density at radius 2 is 1.76 bits per heavy atom. The fraction of sp³-hybridized carbons (Fsp3) is 0.0476. The van der Waals surface area contributed by atoms with E-state index in [0.29, 0.717) is 5.56 Å². The van der Waals surface area contributed by atoms with Crippen molar-refractivity contribution in [2.24, 2.45) is 5.10 Å². The lowest BCUT2D eigenvalue weighted by molar-refractivity contribution is 0.0734. The molecule has 0 spiro atoms. The highest BCUT2D eigenvalue weighted by Crippen LogP contribution is 2.15. The average Bonchev–Trinajstić information content (AvgIpc) is 2.68. The van der Waals surface area contributed by atoms with E-state index in [1.807, 2.05) is 6.92 Å². The van der Waals surface area contributed by atoms with E-state index in [0.717, 1.165) is 11.6 Å². The van der Waals surface area contributed by atoms with Crippen LogP contribution in [0, 0.1) is 12.7 Å². The fourth-order valence-electron chi connectivity index (χ4n) is 2.38. The molecule has 0 aromatic heterocycles. The maximum atomic E-state index is 13.2. The molecule has 0 fully saturated rings. The summed E-state index contributed by atoms with van der Waals surface area (Å²) in [5.74, 6) is -1.04. The summed E-state index contributed by atoms with van der Waals surface area (Å²) in [6.07, 6.45) is 1.28. The Kier molecular flexibility index (Phi) is 6.04. The standard InChI is InChI=1S/C21H17FN2O4S/c1-15-8-10-20(11-9-15)29(26,27)24-23-14-16-4-2-7-19(12-16)28-21(25)17-5-3-6-18(22)13-17/h2-14,24H,1H3/b23-14-. The highest BCUT2D eigenvalue weighted by Gasteiger charge is 2.12. The van der Waals surface area contributed by atoms with Crippen LogP contribution in [0.15, 0.2) is 82.8 Å². The van der Waals surface area contributed by atoms with Crippen LogP contribution in [0.2, 0.25) is 0 Å². The van der Waals surface area contributed by atoms with Gasteiger partial charge in [-0.1, -0.05) is 35.9 Å². The lowest BCUT2D eigenvalue weighted by Gasteiger charge is -2.06. The van der Waals surface area contributed by atoms with Gasteiger partial charge in [0.15, 0.2) is 0 Å². The van der Waals surface area contributed by atoms with Crippen molar-refractivity contribution in [2.75, 3.05) is 0 Å². The zero-order valence-corrected chi connectivity index (χ0v) is 16.2. The number of carbonyl (C=O) groups excluding carboxylic acids is 1. The highest BCUT2D eigenvalue weighted by atomic mass is 32.2. The molecule has 0 heterocycles. The first kappa shape index (κ1) is 20.2. The Balaban J connectivity index is 1.68. The number of esters is 1. The first-order chi connectivity index (χ1) is 13.8. The number of nitrogens with zero attached hydrogens (tertiary/aromatic N) is 1. The van der Waals surface area contributed by atoms with Gasteiger partial charge in [0.05, 0.1) is 16.7 Å². The molecule has 0 unspecified atom stereocenters. The van der Waals surface area contributed by atoms with Crippen LogP contribution in [-0.4, -0.2) is 20.6 Å². The molecule has 29 heavy (non-hydrogen) atoms. The quantitative estimate of drug-likeness (QED) is 0.290. The molecule has 0 aliphatic heterocycles. The number of carbonyl (C=O) groups is 1. The topological polar surface area (TPSA) is 84.8 Å². The van der Waals surface area contributed by atoms with Gasteiger partial charge in [-0.25, -0.2) is 14.0 Å². The molecule has 0 atom stereocenters. The summed E-state index contributed by atoms with van der Waals surface area (Å²) in [6.45, 7) is 1.86. The molecule has 0 saturated carbocycles. The maximum Gasteiger partial charge on any atom is 0.343 e. The molecule has 0 aliphatic carbocycles. The molecule has 6 nitrogen and oxygen atoms in total. The molecule has 0 saturated heterocycles. The third kappa shape index (κ3) is 5.49. The smallest absolute Gasteiger partial charge is 0.343 e. The van der Waals surface area contributed by atoms with Gasteiger partial charge in [-0.05, 0) is 55.0 Å². The summed E-state index contributed by atoms with van der Waals surface area (Å²) in [5, 5.41) is 3.75. The summed E-state index contributed by atoms with van der Waals surface area (Å²) in [4.78, 5) is 14.3. The van der Waals surface area contributed by atoms with E-state index >= 15 is 0 Å². The van der Waals surface area contributed by atoms with E-state index in [1.165, 1.54) is 42.6 Å². The minimum Gasteiger partial charge on any atom is -0.423 e. The van der Waals surface area contributed by atoms with E-state index in [2.05, 4.69) is 9.93 Å². The van der Waals surface area contributed by atoms with Crippen LogP contribution in [0.4, 0.5) is 4.39 Å². The van der Waals surface area contributed by atoms with Crippen molar-refractivity contribution in [1.29, 1.82) is 0 Å².